The van der Waals surface area contributed by atoms with E-state index >= 15 is 0 Å². The Morgan fingerprint density at radius 3 is 2.53 bits per heavy atom. The van der Waals surface area contributed by atoms with Crippen molar-refractivity contribution in [3.8, 4) is 0 Å². The van der Waals surface area contributed by atoms with Crippen LogP contribution in [0.25, 0.3) is 10.3 Å². The zero-order valence-electron chi connectivity index (χ0n) is 16.8. The number of halogens is 1. The molecule has 11 heteroatoms. The van der Waals surface area contributed by atoms with Crippen LogP contribution in [0, 0.1) is 5.92 Å². The molecule has 0 amide bonds. The maximum Gasteiger partial charge on any atom is 0.251 e. The number of fused-ring (bicyclic) bond motifs is 1. The Hall–Kier alpha value is -2.01. The Kier molecular flexibility index (Phi) is 6.81. The second kappa shape index (κ2) is 9.01. The third-order valence-corrected chi connectivity index (χ3v) is 7.73. The van der Waals surface area contributed by atoms with Crippen LogP contribution in [0.1, 0.15) is 38.0 Å². The molecule has 1 unspecified atom stereocenters. The minimum atomic E-state index is -3.97. The molecule has 0 aliphatic heterocycles. The van der Waals surface area contributed by atoms with Crippen LogP contribution in [-0.4, -0.2) is 41.1 Å². The van der Waals surface area contributed by atoms with Gasteiger partial charge in [-0.25, -0.2) is 13.4 Å². The molecule has 3 aromatic rings. The Balaban J connectivity index is 2.09. The van der Waals surface area contributed by atoms with Gasteiger partial charge in [0.15, 0.2) is 16.6 Å². The van der Waals surface area contributed by atoms with Crippen LogP contribution in [0.15, 0.2) is 29.4 Å². The number of nitrogens with zero attached hydrogens (tertiary/aromatic N) is 3. The van der Waals surface area contributed by atoms with Crippen LogP contribution in [0.2, 0.25) is 5.02 Å². The molecule has 2 atom stereocenters. The normalized spacial score (nSPS) is 14.2. The van der Waals surface area contributed by atoms with E-state index < -0.39 is 15.1 Å². The van der Waals surface area contributed by atoms with E-state index in [-0.39, 0.29) is 28.6 Å². The molecule has 0 fully saturated rings. The first kappa shape index (κ1) is 22.7. The number of hydrogen-bond donors (Lipinski definition) is 3. The largest absolute Gasteiger partial charge is 0.394 e. The summed E-state index contributed by atoms with van der Waals surface area (Å²) in [6.07, 6.45) is 0.675. The van der Waals surface area contributed by atoms with Crippen molar-refractivity contribution in [2.24, 2.45) is 5.92 Å². The minimum Gasteiger partial charge on any atom is -0.394 e. The van der Waals surface area contributed by atoms with Gasteiger partial charge in [-0.05, 0) is 30.9 Å². The molecular formula is C19H24ClN5O3S2. The molecule has 0 bridgehead atoms. The Bertz CT molecular complexity index is 1150. The van der Waals surface area contributed by atoms with Crippen molar-refractivity contribution >= 4 is 54.1 Å². The minimum absolute atomic E-state index is 0.129. The summed E-state index contributed by atoms with van der Waals surface area (Å²) in [6, 6.07) is 6.45. The van der Waals surface area contributed by atoms with Crippen molar-refractivity contribution < 1.29 is 13.5 Å². The van der Waals surface area contributed by atoms with E-state index in [1.807, 2.05) is 13.8 Å². The Labute approximate surface area is 184 Å². The van der Waals surface area contributed by atoms with Crippen molar-refractivity contribution in [3.63, 3.8) is 0 Å². The molecule has 4 N–H and O–H groups in total. The maximum atomic E-state index is 13.3. The van der Waals surface area contributed by atoms with Gasteiger partial charge in [0.2, 0.25) is 9.84 Å². The Morgan fingerprint density at radius 1 is 1.20 bits per heavy atom. The third-order valence-electron chi connectivity index (χ3n) is 4.63. The van der Waals surface area contributed by atoms with Crippen LogP contribution in [0.5, 0.6) is 0 Å². The van der Waals surface area contributed by atoms with E-state index in [2.05, 4.69) is 20.3 Å². The molecule has 3 rings (SSSR count). The topological polar surface area (TPSA) is 131 Å². The predicted molar refractivity (Wildman–Crippen MR) is 121 cm³/mol. The molecule has 30 heavy (non-hydrogen) atoms. The van der Waals surface area contributed by atoms with E-state index in [1.54, 1.807) is 31.2 Å². The molecule has 0 aliphatic carbocycles. The van der Waals surface area contributed by atoms with Crippen LogP contribution in [0.3, 0.4) is 0 Å². The second-order valence-electron chi connectivity index (χ2n) is 7.42. The highest BCUT2D eigenvalue weighted by molar-refractivity contribution is 7.91. The molecule has 0 spiro atoms. The van der Waals surface area contributed by atoms with Crippen LogP contribution >= 0.6 is 22.9 Å². The zero-order valence-corrected chi connectivity index (χ0v) is 19.2. The summed E-state index contributed by atoms with van der Waals surface area (Å²) in [5.41, 5.74) is 6.49. The highest BCUT2D eigenvalue weighted by Crippen LogP contribution is 2.35. The molecule has 162 valence electrons. The number of aromatic nitrogens is 3. The van der Waals surface area contributed by atoms with Gasteiger partial charge in [0, 0.05) is 5.02 Å². The SMILES string of the molecule is CC(C)C[C@H](CO)Nc1nc(S(=O)(=O)C(C)c2ccccc2Cl)nc2nc(N)sc12. The van der Waals surface area contributed by atoms with Gasteiger partial charge >= 0.3 is 0 Å². The van der Waals surface area contributed by atoms with E-state index in [4.69, 9.17) is 17.3 Å². The van der Waals surface area contributed by atoms with E-state index in [9.17, 15) is 13.5 Å². The number of aliphatic hydroxyl groups excluding tert-OH is 1. The summed E-state index contributed by atoms with van der Waals surface area (Å²) >= 11 is 7.36. The van der Waals surface area contributed by atoms with Crippen LogP contribution in [0.4, 0.5) is 10.9 Å². The van der Waals surface area contributed by atoms with Gasteiger partial charge in [0.25, 0.3) is 5.16 Å². The van der Waals surface area contributed by atoms with Gasteiger partial charge in [0.1, 0.15) is 4.70 Å². The van der Waals surface area contributed by atoms with Crippen molar-refractivity contribution in [2.45, 2.75) is 43.6 Å². The molecule has 0 aliphatic rings. The summed E-state index contributed by atoms with van der Waals surface area (Å²) in [5.74, 6) is 0.612. The van der Waals surface area contributed by atoms with Gasteiger partial charge < -0.3 is 16.2 Å². The number of rotatable bonds is 8. The first-order valence-electron chi connectivity index (χ1n) is 9.43. The fraction of sp³-hybridized carbons (Fsp3) is 0.421. The standard InChI is InChI=1S/C19H24ClN5O3S2/c1-10(2)8-12(9-26)22-16-15-17(23-18(21)29-15)25-19(24-16)30(27,28)11(3)13-6-4-5-7-14(13)20/h4-7,10-12,26H,8-9H2,1-3H3,(H3,21,22,23,24,25)/t11?,12-/m1/s1. The number of nitrogens with two attached hydrogens (primary N) is 1. The zero-order chi connectivity index (χ0) is 22.1. The van der Waals surface area contributed by atoms with Gasteiger partial charge in [0.05, 0.1) is 17.9 Å². The van der Waals surface area contributed by atoms with Gasteiger partial charge in [-0.1, -0.05) is 55.0 Å². The third kappa shape index (κ3) is 4.66. The summed E-state index contributed by atoms with van der Waals surface area (Å²) in [6.45, 7) is 5.48. The number of nitrogen functional groups attached to an aromatic ring is 1. The molecule has 0 radical (unpaired) electrons. The number of anilines is 2. The van der Waals surface area contributed by atoms with Crippen molar-refractivity contribution in [3.05, 3.63) is 34.9 Å². The number of sulfone groups is 1. The van der Waals surface area contributed by atoms with E-state index in [1.165, 1.54) is 0 Å². The lowest BCUT2D eigenvalue weighted by Gasteiger charge is -2.20. The van der Waals surface area contributed by atoms with Crippen molar-refractivity contribution in [1.82, 2.24) is 15.0 Å². The first-order chi connectivity index (χ1) is 14.1. The molecular weight excluding hydrogens is 446 g/mol. The smallest absolute Gasteiger partial charge is 0.251 e. The molecule has 1 aromatic carbocycles. The maximum absolute atomic E-state index is 13.3. The van der Waals surface area contributed by atoms with Gasteiger partial charge in [-0.2, -0.15) is 9.97 Å². The second-order valence-corrected chi connectivity index (χ2v) is 11.0. The van der Waals surface area contributed by atoms with Crippen molar-refractivity contribution in [1.29, 1.82) is 0 Å². The van der Waals surface area contributed by atoms with Gasteiger partial charge in [-0.15, -0.1) is 0 Å². The molecule has 2 heterocycles. The van der Waals surface area contributed by atoms with E-state index in [0.29, 0.717) is 33.4 Å². The fourth-order valence-electron chi connectivity index (χ4n) is 3.12. The molecule has 0 saturated carbocycles. The van der Waals surface area contributed by atoms with Gasteiger partial charge in [-0.3, -0.25) is 0 Å². The molecule has 0 saturated heterocycles. The monoisotopic (exact) mass is 469 g/mol. The average Bonchev–Trinajstić information content (AvgIpc) is 3.07. The highest BCUT2D eigenvalue weighted by Gasteiger charge is 2.31. The lowest BCUT2D eigenvalue weighted by atomic mass is 10.0. The number of benzene rings is 1. The number of nitrogens with one attached hydrogen (secondary N) is 1. The van der Waals surface area contributed by atoms with E-state index in [0.717, 1.165) is 11.3 Å². The molecule has 2 aromatic heterocycles. The fourth-order valence-corrected chi connectivity index (χ4v) is 5.49. The first-order valence-corrected chi connectivity index (χ1v) is 12.2. The predicted octanol–water partition coefficient (Wildman–Crippen LogP) is 3.68. The lowest BCUT2D eigenvalue weighted by Crippen LogP contribution is -2.26. The van der Waals surface area contributed by atoms with Crippen LogP contribution in [-0.2, 0) is 9.84 Å². The number of thiazole rings is 1. The summed E-state index contributed by atoms with van der Waals surface area (Å²) in [4.78, 5) is 12.6. The summed E-state index contributed by atoms with van der Waals surface area (Å²) < 4.78 is 27.1. The van der Waals surface area contributed by atoms with Crippen LogP contribution < -0.4 is 11.1 Å². The quantitative estimate of drug-likeness (QED) is 0.426. The summed E-state index contributed by atoms with van der Waals surface area (Å²) in [5, 5.41) is 12.2. The highest BCUT2D eigenvalue weighted by atomic mass is 35.5. The Morgan fingerprint density at radius 2 is 1.90 bits per heavy atom. The molecule has 8 nitrogen and oxygen atoms in total. The lowest BCUT2D eigenvalue weighted by molar-refractivity contribution is 0.259. The average molecular weight is 470 g/mol. The number of hydrogen-bond acceptors (Lipinski definition) is 9. The summed E-state index contributed by atoms with van der Waals surface area (Å²) in [7, 11) is -3.97. The van der Waals surface area contributed by atoms with Crippen molar-refractivity contribution in [2.75, 3.05) is 17.7 Å². The number of aliphatic hydroxyl groups is 1.